The highest BCUT2D eigenvalue weighted by molar-refractivity contribution is 5.83. The molecule has 0 radical (unpaired) electrons. The number of hydrogen-bond donors (Lipinski definition) is 1. The molecule has 25 heavy (non-hydrogen) atoms. The summed E-state index contributed by atoms with van der Waals surface area (Å²) in [5, 5.41) is 10.9. The molecule has 0 aliphatic rings. The van der Waals surface area contributed by atoms with E-state index in [1.807, 2.05) is 0 Å². The molecule has 0 atom stereocenters. The first-order valence-corrected chi connectivity index (χ1v) is 7.22. The van der Waals surface area contributed by atoms with Gasteiger partial charge < -0.3 is 0 Å². The minimum Gasteiger partial charge on any atom is -0.273 e. The molecular weight excluding hydrogens is 344 g/mol. The lowest BCUT2D eigenvalue weighted by Crippen LogP contribution is -2.20. The van der Waals surface area contributed by atoms with E-state index in [-0.39, 0.29) is 24.2 Å². The number of halogens is 4. The Morgan fingerprint density at radius 3 is 2.56 bits per heavy atom. The van der Waals surface area contributed by atoms with Crippen LogP contribution in [0.15, 0.2) is 11.2 Å². The molecule has 0 fully saturated rings. The van der Waals surface area contributed by atoms with Crippen LogP contribution in [0.25, 0.3) is 0 Å². The van der Waals surface area contributed by atoms with Crippen LogP contribution in [0, 0.1) is 19.8 Å². The second-order valence-electron chi connectivity index (χ2n) is 5.35. The first-order chi connectivity index (χ1) is 11.6. The van der Waals surface area contributed by atoms with Crippen molar-refractivity contribution in [3.8, 4) is 0 Å². The number of hydrazone groups is 1. The lowest BCUT2D eigenvalue weighted by molar-refractivity contribution is -0.141. The standard InChI is InChI=1S/C14H16F4N6O/c1-8-6-11(14(16,17)18)22-24(8)5-4-12(25)20-19-7-10-9(2)21-23(3)13(10)15/h6-7H,4-5H2,1-3H3,(H,20,25)/b19-7-. The fraction of sp³-hybridized carbons (Fsp3) is 0.429. The Morgan fingerprint density at radius 2 is 2.04 bits per heavy atom. The number of amides is 1. The zero-order valence-corrected chi connectivity index (χ0v) is 13.7. The molecule has 0 saturated carbocycles. The van der Waals surface area contributed by atoms with Crippen LogP contribution >= 0.6 is 0 Å². The van der Waals surface area contributed by atoms with Crippen LogP contribution in [0.4, 0.5) is 17.6 Å². The fourth-order valence-electron chi connectivity index (χ4n) is 2.10. The molecule has 136 valence electrons. The van der Waals surface area contributed by atoms with E-state index in [0.717, 1.165) is 21.6 Å². The fourth-order valence-corrected chi connectivity index (χ4v) is 2.10. The Bertz CT molecular complexity index is 805. The number of aromatic nitrogens is 4. The maximum Gasteiger partial charge on any atom is 0.435 e. The summed E-state index contributed by atoms with van der Waals surface area (Å²) in [5.41, 5.74) is 2.01. The van der Waals surface area contributed by atoms with E-state index < -0.39 is 23.7 Å². The van der Waals surface area contributed by atoms with E-state index in [0.29, 0.717) is 5.69 Å². The van der Waals surface area contributed by atoms with Crippen molar-refractivity contribution in [3.05, 3.63) is 34.7 Å². The second kappa shape index (κ2) is 7.03. The van der Waals surface area contributed by atoms with E-state index >= 15 is 0 Å². The number of carbonyl (C=O) groups excluding carboxylic acids is 1. The third-order valence-corrected chi connectivity index (χ3v) is 3.40. The predicted molar refractivity (Wildman–Crippen MR) is 80.2 cm³/mol. The topological polar surface area (TPSA) is 77.1 Å². The van der Waals surface area contributed by atoms with Crippen molar-refractivity contribution in [2.75, 3.05) is 0 Å². The summed E-state index contributed by atoms with van der Waals surface area (Å²) >= 11 is 0. The average Bonchev–Trinajstić information content (AvgIpc) is 2.99. The molecule has 7 nitrogen and oxygen atoms in total. The van der Waals surface area contributed by atoms with Crippen molar-refractivity contribution < 1.29 is 22.4 Å². The summed E-state index contributed by atoms with van der Waals surface area (Å²) in [6.45, 7) is 3.01. The molecular formula is C14H16F4N6O. The van der Waals surface area contributed by atoms with Gasteiger partial charge in [0.1, 0.15) is 0 Å². The summed E-state index contributed by atoms with van der Waals surface area (Å²) in [4.78, 5) is 11.7. The lowest BCUT2D eigenvalue weighted by atomic mass is 10.3. The van der Waals surface area contributed by atoms with Gasteiger partial charge in [0.2, 0.25) is 11.9 Å². The summed E-state index contributed by atoms with van der Waals surface area (Å²) < 4.78 is 53.5. The molecule has 0 saturated heterocycles. The third kappa shape index (κ3) is 4.43. The van der Waals surface area contributed by atoms with Crippen LogP contribution < -0.4 is 5.43 Å². The van der Waals surface area contributed by atoms with Gasteiger partial charge in [0.15, 0.2) is 5.69 Å². The smallest absolute Gasteiger partial charge is 0.273 e. The molecule has 2 rings (SSSR count). The van der Waals surface area contributed by atoms with Crippen molar-refractivity contribution in [1.29, 1.82) is 0 Å². The van der Waals surface area contributed by atoms with E-state index in [1.54, 1.807) is 6.92 Å². The van der Waals surface area contributed by atoms with Gasteiger partial charge in [0.05, 0.1) is 24.0 Å². The van der Waals surface area contributed by atoms with Gasteiger partial charge in [-0.15, -0.1) is 0 Å². The van der Waals surface area contributed by atoms with E-state index in [9.17, 15) is 22.4 Å². The van der Waals surface area contributed by atoms with Crippen LogP contribution in [-0.2, 0) is 24.6 Å². The van der Waals surface area contributed by atoms with Gasteiger partial charge in [0, 0.05) is 19.2 Å². The molecule has 0 aromatic carbocycles. The molecule has 1 N–H and O–H groups in total. The molecule has 2 heterocycles. The quantitative estimate of drug-likeness (QED) is 0.503. The molecule has 2 aromatic heterocycles. The number of hydrogen-bond acceptors (Lipinski definition) is 4. The Labute approximate surface area is 140 Å². The van der Waals surface area contributed by atoms with Gasteiger partial charge in [-0.25, -0.2) is 10.1 Å². The van der Waals surface area contributed by atoms with E-state index in [1.165, 1.54) is 14.0 Å². The number of nitrogens with one attached hydrogen (secondary N) is 1. The van der Waals surface area contributed by atoms with E-state index in [4.69, 9.17) is 0 Å². The highest BCUT2D eigenvalue weighted by Gasteiger charge is 2.34. The normalized spacial score (nSPS) is 12.1. The number of aryl methyl sites for hydroxylation is 4. The number of carbonyl (C=O) groups is 1. The van der Waals surface area contributed by atoms with Crippen LogP contribution in [0.1, 0.15) is 29.1 Å². The summed E-state index contributed by atoms with van der Waals surface area (Å²) in [6.07, 6.45) is -3.55. The molecule has 0 unspecified atom stereocenters. The third-order valence-electron chi connectivity index (χ3n) is 3.40. The summed E-state index contributed by atoms with van der Waals surface area (Å²) in [7, 11) is 1.43. The van der Waals surface area contributed by atoms with Gasteiger partial charge in [-0.2, -0.15) is 32.9 Å². The zero-order valence-electron chi connectivity index (χ0n) is 13.7. The Balaban J connectivity index is 1.91. The summed E-state index contributed by atoms with van der Waals surface area (Å²) in [5.74, 6) is -1.14. The second-order valence-corrected chi connectivity index (χ2v) is 5.35. The lowest BCUT2D eigenvalue weighted by Gasteiger charge is -2.04. The molecule has 2 aromatic rings. The number of nitrogens with zero attached hydrogens (tertiary/aromatic N) is 5. The van der Waals surface area contributed by atoms with Gasteiger partial charge in [-0.3, -0.25) is 9.48 Å². The van der Waals surface area contributed by atoms with Gasteiger partial charge >= 0.3 is 6.18 Å². The maximum absolute atomic E-state index is 13.7. The van der Waals surface area contributed by atoms with Crippen LogP contribution in [0.2, 0.25) is 0 Å². The summed E-state index contributed by atoms with van der Waals surface area (Å²) in [6, 6.07) is 0.907. The highest BCUT2D eigenvalue weighted by Crippen LogP contribution is 2.28. The number of alkyl halides is 3. The Morgan fingerprint density at radius 1 is 1.36 bits per heavy atom. The molecule has 11 heteroatoms. The molecule has 0 aliphatic heterocycles. The molecule has 0 aliphatic carbocycles. The highest BCUT2D eigenvalue weighted by atomic mass is 19.4. The predicted octanol–water partition coefficient (Wildman–Crippen LogP) is 1.93. The Hall–Kier alpha value is -2.72. The van der Waals surface area contributed by atoms with Gasteiger partial charge in [0.25, 0.3) is 0 Å². The minimum atomic E-state index is -4.53. The van der Waals surface area contributed by atoms with Gasteiger partial charge in [-0.1, -0.05) is 0 Å². The van der Waals surface area contributed by atoms with Crippen molar-refractivity contribution in [2.45, 2.75) is 33.0 Å². The van der Waals surface area contributed by atoms with Crippen molar-refractivity contribution in [3.63, 3.8) is 0 Å². The maximum atomic E-state index is 13.7. The minimum absolute atomic E-state index is 0.0381. The van der Waals surface area contributed by atoms with Crippen LogP contribution in [0.3, 0.4) is 0 Å². The molecule has 1 amide bonds. The van der Waals surface area contributed by atoms with Crippen LogP contribution in [0.5, 0.6) is 0 Å². The van der Waals surface area contributed by atoms with Crippen LogP contribution in [-0.4, -0.2) is 31.7 Å². The number of rotatable bonds is 5. The van der Waals surface area contributed by atoms with Crippen molar-refractivity contribution in [2.24, 2.45) is 12.1 Å². The zero-order chi connectivity index (χ0) is 18.8. The van der Waals surface area contributed by atoms with Crippen molar-refractivity contribution in [1.82, 2.24) is 25.0 Å². The largest absolute Gasteiger partial charge is 0.435 e. The average molecular weight is 360 g/mol. The van der Waals surface area contributed by atoms with Gasteiger partial charge in [-0.05, 0) is 19.9 Å². The van der Waals surface area contributed by atoms with E-state index in [2.05, 4.69) is 20.7 Å². The molecule has 0 bridgehead atoms. The van der Waals surface area contributed by atoms with Crippen molar-refractivity contribution >= 4 is 12.1 Å². The first kappa shape index (κ1) is 18.6. The first-order valence-electron chi connectivity index (χ1n) is 7.22. The Kier molecular flexibility index (Phi) is 5.24. The molecule has 0 spiro atoms. The monoisotopic (exact) mass is 360 g/mol. The SMILES string of the molecule is Cc1nn(C)c(F)c1/C=N\NC(=O)CCn1nc(C(F)(F)F)cc1C.